The predicted molar refractivity (Wildman–Crippen MR) is 104 cm³/mol. The minimum Gasteiger partial charge on any atom is -0.481 e. The van der Waals surface area contributed by atoms with Crippen molar-refractivity contribution in [1.82, 2.24) is 5.32 Å². The van der Waals surface area contributed by atoms with Gasteiger partial charge >= 0.3 is 0 Å². The van der Waals surface area contributed by atoms with Gasteiger partial charge in [0.25, 0.3) is 11.8 Å². The van der Waals surface area contributed by atoms with Gasteiger partial charge in [-0.05, 0) is 62.6 Å². The first kappa shape index (κ1) is 19.5. The quantitative estimate of drug-likeness (QED) is 0.794. The second kappa shape index (κ2) is 9.04. The molecule has 2 N–H and O–H groups in total. The number of hydrogen-bond donors (Lipinski definition) is 2. The highest BCUT2D eigenvalue weighted by atomic mass is 16.5. The number of carbonyl (C=O) groups is 2. The topological polar surface area (TPSA) is 67.4 Å². The molecule has 0 unspecified atom stereocenters. The third kappa shape index (κ3) is 5.09. The van der Waals surface area contributed by atoms with Gasteiger partial charge in [0.2, 0.25) is 0 Å². The van der Waals surface area contributed by atoms with Crippen molar-refractivity contribution in [3.05, 3.63) is 59.2 Å². The molecular weight excluding hydrogens is 328 g/mol. The first-order chi connectivity index (χ1) is 12.4. The van der Waals surface area contributed by atoms with E-state index in [1.165, 1.54) is 5.56 Å². The molecule has 0 aliphatic heterocycles. The van der Waals surface area contributed by atoms with Crippen molar-refractivity contribution < 1.29 is 14.3 Å². The number of hydrogen-bond acceptors (Lipinski definition) is 3. The lowest BCUT2D eigenvalue weighted by Crippen LogP contribution is -2.32. The predicted octanol–water partition coefficient (Wildman–Crippen LogP) is 3.85. The molecule has 0 aliphatic carbocycles. The molecule has 1 atom stereocenters. The van der Waals surface area contributed by atoms with Gasteiger partial charge in [0.15, 0.2) is 6.10 Å². The van der Waals surface area contributed by atoms with Gasteiger partial charge in [-0.2, -0.15) is 0 Å². The first-order valence-corrected chi connectivity index (χ1v) is 8.84. The van der Waals surface area contributed by atoms with Crippen molar-refractivity contribution in [2.75, 3.05) is 11.9 Å². The number of aryl methyl sites for hydroxylation is 2. The highest BCUT2D eigenvalue weighted by molar-refractivity contribution is 6.04. The fourth-order valence-electron chi connectivity index (χ4n) is 2.40. The highest BCUT2D eigenvalue weighted by Gasteiger charge is 2.18. The molecule has 0 radical (unpaired) electrons. The first-order valence-electron chi connectivity index (χ1n) is 8.84. The molecule has 138 valence electrons. The van der Waals surface area contributed by atoms with E-state index < -0.39 is 6.10 Å². The van der Waals surface area contributed by atoms with Gasteiger partial charge < -0.3 is 15.4 Å². The highest BCUT2D eigenvalue weighted by Crippen LogP contribution is 2.19. The normalized spacial score (nSPS) is 11.5. The van der Waals surface area contributed by atoms with Crippen LogP contribution in [0.2, 0.25) is 0 Å². The zero-order valence-electron chi connectivity index (χ0n) is 15.8. The molecule has 5 heteroatoms. The number of para-hydroxylation sites is 1. The van der Waals surface area contributed by atoms with Crippen LogP contribution in [-0.2, 0) is 4.79 Å². The maximum atomic E-state index is 12.5. The standard InChI is InChI=1S/C21H26N2O3/c1-5-12-22-21(25)18-8-6-7-9-19(18)23-20(24)16(4)26-17-11-10-14(2)15(3)13-17/h6-11,13,16H,5,12H2,1-4H3,(H,22,25)(H,23,24)/t16-/m0/s1. The van der Waals surface area contributed by atoms with E-state index in [1.807, 2.05) is 39.0 Å². The molecular formula is C21H26N2O3. The minimum atomic E-state index is -0.691. The van der Waals surface area contributed by atoms with Crippen LogP contribution in [0.1, 0.15) is 41.8 Å². The number of anilines is 1. The summed E-state index contributed by atoms with van der Waals surface area (Å²) < 4.78 is 5.74. The van der Waals surface area contributed by atoms with Crippen LogP contribution in [0.25, 0.3) is 0 Å². The van der Waals surface area contributed by atoms with Crippen LogP contribution in [-0.4, -0.2) is 24.5 Å². The van der Waals surface area contributed by atoms with Gasteiger partial charge in [0, 0.05) is 6.54 Å². The largest absolute Gasteiger partial charge is 0.481 e. The maximum Gasteiger partial charge on any atom is 0.265 e. The average Bonchev–Trinajstić information content (AvgIpc) is 2.63. The van der Waals surface area contributed by atoms with Crippen LogP contribution in [0.3, 0.4) is 0 Å². The Labute approximate surface area is 154 Å². The van der Waals surface area contributed by atoms with E-state index in [0.29, 0.717) is 23.5 Å². The molecule has 0 bridgehead atoms. The summed E-state index contributed by atoms with van der Waals surface area (Å²) in [5.74, 6) is 0.133. The monoisotopic (exact) mass is 354 g/mol. The second-order valence-electron chi connectivity index (χ2n) is 6.30. The van der Waals surface area contributed by atoms with Crippen molar-refractivity contribution >= 4 is 17.5 Å². The zero-order valence-corrected chi connectivity index (χ0v) is 15.8. The zero-order chi connectivity index (χ0) is 19.1. The van der Waals surface area contributed by atoms with Crippen LogP contribution in [0.15, 0.2) is 42.5 Å². The van der Waals surface area contributed by atoms with Crippen LogP contribution in [0.5, 0.6) is 5.75 Å². The Morgan fingerprint density at radius 1 is 1.08 bits per heavy atom. The number of nitrogens with one attached hydrogen (secondary N) is 2. The molecule has 2 aromatic rings. The Balaban J connectivity index is 2.06. The molecule has 0 saturated carbocycles. The summed E-state index contributed by atoms with van der Waals surface area (Å²) >= 11 is 0. The second-order valence-corrected chi connectivity index (χ2v) is 6.30. The Hall–Kier alpha value is -2.82. The Kier molecular flexibility index (Phi) is 6.78. The Morgan fingerprint density at radius 2 is 1.81 bits per heavy atom. The number of amides is 2. The van der Waals surface area contributed by atoms with E-state index >= 15 is 0 Å². The SMILES string of the molecule is CCCNC(=O)c1ccccc1NC(=O)[C@H](C)Oc1ccc(C)c(C)c1. The fraction of sp³-hybridized carbons (Fsp3) is 0.333. The number of rotatable bonds is 7. The maximum absolute atomic E-state index is 12.5. The van der Waals surface area contributed by atoms with Gasteiger partial charge in [-0.3, -0.25) is 9.59 Å². The summed E-state index contributed by atoms with van der Waals surface area (Å²) in [5.41, 5.74) is 3.18. The van der Waals surface area contributed by atoms with Crippen LogP contribution in [0, 0.1) is 13.8 Å². The summed E-state index contributed by atoms with van der Waals surface area (Å²) in [6, 6.07) is 12.7. The van der Waals surface area contributed by atoms with E-state index in [4.69, 9.17) is 4.74 Å². The van der Waals surface area contributed by atoms with Gasteiger partial charge in [-0.25, -0.2) is 0 Å². The van der Waals surface area contributed by atoms with Crippen molar-refractivity contribution in [2.45, 2.75) is 40.2 Å². The molecule has 0 aromatic heterocycles. The van der Waals surface area contributed by atoms with Crippen molar-refractivity contribution in [1.29, 1.82) is 0 Å². The molecule has 2 amide bonds. The molecule has 2 rings (SSSR count). The van der Waals surface area contributed by atoms with Crippen LogP contribution >= 0.6 is 0 Å². The van der Waals surface area contributed by atoms with E-state index in [0.717, 1.165) is 12.0 Å². The number of benzene rings is 2. The fourth-order valence-corrected chi connectivity index (χ4v) is 2.40. The molecule has 0 fully saturated rings. The lowest BCUT2D eigenvalue weighted by molar-refractivity contribution is -0.122. The summed E-state index contributed by atoms with van der Waals surface area (Å²) in [7, 11) is 0. The smallest absolute Gasteiger partial charge is 0.265 e. The molecule has 26 heavy (non-hydrogen) atoms. The minimum absolute atomic E-state index is 0.203. The van der Waals surface area contributed by atoms with E-state index in [1.54, 1.807) is 31.2 Å². The summed E-state index contributed by atoms with van der Waals surface area (Å²) in [6.45, 7) is 8.28. The van der Waals surface area contributed by atoms with Gasteiger partial charge in [-0.15, -0.1) is 0 Å². The summed E-state index contributed by atoms with van der Waals surface area (Å²) in [5, 5.41) is 5.61. The molecule has 0 saturated heterocycles. The Bertz CT molecular complexity index is 787. The molecule has 0 aliphatic rings. The van der Waals surface area contributed by atoms with Crippen molar-refractivity contribution in [3.8, 4) is 5.75 Å². The van der Waals surface area contributed by atoms with Crippen LogP contribution < -0.4 is 15.4 Å². The van der Waals surface area contributed by atoms with Crippen LogP contribution in [0.4, 0.5) is 5.69 Å². The summed E-state index contributed by atoms with van der Waals surface area (Å²) in [4.78, 5) is 24.7. The van der Waals surface area contributed by atoms with E-state index in [9.17, 15) is 9.59 Å². The van der Waals surface area contributed by atoms with E-state index in [-0.39, 0.29) is 11.8 Å². The molecule has 2 aromatic carbocycles. The molecule has 0 heterocycles. The van der Waals surface area contributed by atoms with Gasteiger partial charge in [0.05, 0.1) is 11.3 Å². The Morgan fingerprint density at radius 3 is 2.50 bits per heavy atom. The summed E-state index contributed by atoms with van der Waals surface area (Å²) in [6.07, 6.45) is 0.157. The lowest BCUT2D eigenvalue weighted by Gasteiger charge is -2.17. The number of ether oxygens (including phenoxy) is 1. The third-order valence-electron chi connectivity index (χ3n) is 4.13. The van der Waals surface area contributed by atoms with Gasteiger partial charge in [-0.1, -0.05) is 25.1 Å². The average molecular weight is 354 g/mol. The van der Waals surface area contributed by atoms with Gasteiger partial charge in [0.1, 0.15) is 5.75 Å². The lowest BCUT2D eigenvalue weighted by atomic mass is 10.1. The van der Waals surface area contributed by atoms with Crippen molar-refractivity contribution in [3.63, 3.8) is 0 Å². The third-order valence-corrected chi connectivity index (χ3v) is 4.13. The number of carbonyl (C=O) groups excluding carboxylic acids is 2. The molecule has 5 nitrogen and oxygen atoms in total. The van der Waals surface area contributed by atoms with Crippen molar-refractivity contribution in [2.24, 2.45) is 0 Å². The molecule has 0 spiro atoms. The van der Waals surface area contributed by atoms with E-state index in [2.05, 4.69) is 10.6 Å².